The molecule has 1 aliphatic rings. The summed E-state index contributed by atoms with van der Waals surface area (Å²) in [6.45, 7) is 3.24. The standard InChI is InChI=1S/C19H22FN/c1-2-11-21-19-16(12-14-7-9-17(20)10-8-14)13-15-5-3-4-6-18(15)19/h3-10,16,19,21H,2,11-13H2,1H3. The van der Waals surface area contributed by atoms with E-state index in [9.17, 15) is 4.39 Å². The second-order valence-corrected chi connectivity index (χ2v) is 5.93. The molecule has 0 saturated carbocycles. The Bertz CT molecular complexity index is 591. The van der Waals surface area contributed by atoms with Crippen LogP contribution in [0, 0.1) is 11.7 Å². The van der Waals surface area contributed by atoms with E-state index in [2.05, 4.69) is 36.5 Å². The highest BCUT2D eigenvalue weighted by atomic mass is 19.1. The van der Waals surface area contributed by atoms with E-state index in [1.165, 1.54) is 16.7 Å². The van der Waals surface area contributed by atoms with Crippen molar-refractivity contribution in [2.75, 3.05) is 6.54 Å². The van der Waals surface area contributed by atoms with Crippen LogP contribution in [-0.4, -0.2) is 6.54 Å². The van der Waals surface area contributed by atoms with Crippen molar-refractivity contribution in [3.05, 3.63) is 71.0 Å². The second kappa shape index (κ2) is 6.40. The lowest BCUT2D eigenvalue weighted by molar-refractivity contribution is 0.387. The minimum atomic E-state index is -0.158. The zero-order chi connectivity index (χ0) is 14.7. The fraction of sp³-hybridized carbons (Fsp3) is 0.368. The molecule has 0 aromatic heterocycles. The highest BCUT2D eigenvalue weighted by Crippen LogP contribution is 2.37. The minimum absolute atomic E-state index is 0.158. The number of halogens is 1. The predicted octanol–water partition coefficient (Wildman–Crippen LogP) is 4.28. The van der Waals surface area contributed by atoms with Gasteiger partial charge in [0.2, 0.25) is 0 Å². The summed E-state index contributed by atoms with van der Waals surface area (Å²) in [4.78, 5) is 0. The van der Waals surface area contributed by atoms with Crippen molar-refractivity contribution in [2.45, 2.75) is 32.2 Å². The molecule has 0 heterocycles. The molecule has 2 aromatic rings. The van der Waals surface area contributed by atoms with E-state index in [-0.39, 0.29) is 5.82 Å². The fourth-order valence-corrected chi connectivity index (χ4v) is 3.37. The summed E-state index contributed by atoms with van der Waals surface area (Å²) >= 11 is 0. The number of benzene rings is 2. The highest BCUT2D eigenvalue weighted by Gasteiger charge is 2.31. The lowest BCUT2D eigenvalue weighted by atomic mass is 9.92. The van der Waals surface area contributed by atoms with Gasteiger partial charge >= 0.3 is 0 Å². The number of hydrogen-bond donors (Lipinski definition) is 1. The third kappa shape index (κ3) is 3.16. The van der Waals surface area contributed by atoms with Gasteiger partial charge in [0.15, 0.2) is 0 Å². The summed E-state index contributed by atoms with van der Waals surface area (Å²) < 4.78 is 13.0. The van der Waals surface area contributed by atoms with E-state index in [0.29, 0.717) is 12.0 Å². The van der Waals surface area contributed by atoms with E-state index in [1.54, 1.807) is 12.1 Å². The van der Waals surface area contributed by atoms with Crippen LogP contribution in [0.25, 0.3) is 0 Å². The van der Waals surface area contributed by atoms with Gasteiger partial charge in [0.1, 0.15) is 5.82 Å². The minimum Gasteiger partial charge on any atom is -0.310 e. The van der Waals surface area contributed by atoms with E-state index in [4.69, 9.17) is 0 Å². The van der Waals surface area contributed by atoms with Gasteiger partial charge in [-0.25, -0.2) is 4.39 Å². The maximum Gasteiger partial charge on any atom is 0.123 e. The van der Waals surface area contributed by atoms with Gasteiger partial charge in [-0.15, -0.1) is 0 Å². The summed E-state index contributed by atoms with van der Waals surface area (Å²) in [6.07, 6.45) is 3.24. The summed E-state index contributed by atoms with van der Waals surface area (Å²) in [6, 6.07) is 16.1. The van der Waals surface area contributed by atoms with Crippen LogP contribution < -0.4 is 5.32 Å². The summed E-state index contributed by atoms with van der Waals surface area (Å²) in [5, 5.41) is 3.70. The molecule has 0 saturated heterocycles. The molecular formula is C19H22FN. The number of nitrogens with one attached hydrogen (secondary N) is 1. The lowest BCUT2D eigenvalue weighted by Crippen LogP contribution is -2.27. The van der Waals surface area contributed by atoms with E-state index >= 15 is 0 Å². The van der Waals surface area contributed by atoms with Crippen LogP contribution in [0.4, 0.5) is 4.39 Å². The number of fused-ring (bicyclic) bond motifs is 1. The van der Waals surface area contributed by atoms with Crippen LogP contribution in [0.5, 0.6) is 0 Å². The lowest BCUT2D eigenvalue weighted by Gasteiger charge is -2.22. The van der Waals surface area contributed by atoms with Gasteiger partial charge in [0.05, 0.1) is 0 Å². The molecule has 2 unspecified atom stereocenters. The van der Waals surface area contributed by atoms with E-state index in [1.807, 2.05) is 12.1 Å². The maximum atomic E-state index is 13.0. The van der Waals surface area contributed by atoms with Crippen LogP contribution >= 0.6 is 0 Å². The third-order valence-corrected chi connectivity index (χ3v) is 4.37. The maximum absolute atomic E-state index is 13.0. The summed E-state index contributed by atoms with van der Waals surface area (Å²) in [7, 11) is 0. The Labute approximate surface area is 126 Å². The zero-order valence-corrected chi connectivity index (χ0v) is 12.5. The molecule has 2 heteroatoms. The van der Waals surface area contributed by atoms with Gasteiger partial charge in [0, 0.05) is 6.04 Å². The normalized spacial score (nSPS) is 20.5. The molecule has 1 N–H and O–H groups in total. The Kier molecular flexibility index (Phi) is 4.35. The second-order valence-electron chi connectivity index (χ2n) is 5.93. The van der Waals surface area contributed by atoms with Crippen molar-refractivity contribution in [3.8, 4) is 0 Å². The molecule has 0 aliphatic heterocycles. The van der Waals surface area contributed by atoms with Crippen LogP contribution in [-0.2, 0) is 12.8 Å². The van der Waals surface area contributed by atoms with Crippen molar-refractivity contribution in [2.24, 2.45) is 5.92 Å². The molecule has 0 amide bonds. The fourth-order valence-electron chi connectivity index (χ4n) is 3.37. The van der Waals surface area contributed by atoms with E-state index in [0.717, 1.165) is 25.8 Å². The SMILES string of the molecule is CCCNC1c2ccccc2CC1Cc1ccc(F)cc1. The van der Waals surface area contributed by atoms with Gasteiger partial charge in [0.25, 0.3) is 0 Å². The Morgan fingerprint density at radius 3 is 2.62 bits per heavy atom. The van der Waals surface area contributed by atoms with Gasteiger partial charge in [-0.1, -0.05) is 43.3 Å². The monoisotopic (exact) mass is 283 g/mol. The van der Waals surface area contributed by atoms with Gasteiger partial charge in [-0.05, 0) is 60.5 Å². The average Bonchev–Trinajstić information content (AvgIpc) is 2.85. The smallest absolute Gasteiger partial charge is 0.123 e. The molecule has 0 spiro atoms. The number of rotatable bonds is 5. The molecule has 2 atom stereocenters. The molecule has 110 valence electrons. The first-order chi connectivity index (χ1) is 10.3. The Hall–Kier alpha value is -1.67. The molecule has 21 heavy (non-hydrogen) atoms. The first kappa shape index (κ1) is 14.3. The van der Waals surface area contributed by atoms with Crippen molar-refractivity contribution >= 4 is 0 Å². The third-order valence-electron chi connectivity index (χ3n) is 4.37. The quantitative estimate of drug-likeness (QED) is 0.863. The molecule has 0 radical (unpaired) electrons. The van der Waals surface area contributed by atoms with E-state index < -0.39 is 0 Å². The van der Waals surface area contributed by atoms with Crippen LogP contribution in [0.3, 0.4) is 0 Å². The van der Waals surface area contributed by atoms with Gasteiger partial charge < -0.3 is 5.32 Å². The summed E-state index contributed by atoms with van der Waals surface area (Å²) in [5.74, 6) is 0.397. The highest BCUT2D eigenvalue weighted by molar-refractivity contribution is 5.36. The van der Waals surface area contributed by atoms with Crippen molar-refractivity contribution in [1.82, 2.24) is 5.32 Å². The first-order valence-electron chi connectivity index (χ1n) is 7.83. The van der Waals surface area contributed by atoms with Crippen LogP contribution in [0.15, 0.2) is 48.5 Å². The van der Waals surface area contributed by atoms with Gasteiger partial charge in [-0.3, -0.25) is 0 Å². The molecule has 0 bridgehead atoms. The topological polar surface area (TPSA) is 12.0 Å². The van der Waals surface area contributed by atoms with Crippen LogP contribution in [0.2, 0.25) is 0 Å². The molecule has 3 rings (SSSR count). The largest absolute Gasteiger partial charge is 0.310 e. The summed E-state index contributed by atoms with van der Waals surface area (Å²) in [5.41, 5.74) is 4.12. The first-order valence-corrected chi connectivity index (χ1v) is 7.83. The van der Waals surface area contributed by atoms with Crippen molar-refractivity contribution in [3.63, 3.8) is 0 Å². The number of hydrogen-bond acceptors (Lipinski definition) is 1. The molecule has 0 fully saturated rings. The molecule has 1 aliphatic carbocycles. The van der Waals surface area contributed by atoms with Crippen LogP contribution in [0.1, 0.15) is 36.1 Å². The zero-order valence-electron chi connectivity index (χ0n) is 12.5. The molecule has 1 nitrogen and oxygen atoms in total. The predicted molar refractivity (Wildman–Crippen MR) is 84.8 cm³/mol. The molecule has 2 aromatic carbocycles. The Balaban J connectivity index is 1.79. The Morgan fingerprint density at radius 1 is 1.10 bits per heavy atom. The molecular weight excluding hydrogens is 261 g/mol. The van der Waals surface area contributed by atoms with Gasteiger partial charge in [-0.2, -0.15) is 0 Å². The van der Waals surface area contributed by atoms with Crippen molar-refractivity contribution < 1.29 is 4.39 Å². The Morgan fingerprint density at radius 2 is 1.86 bits per heavy atom. The van der Waals surface area contributed by atoms with Crippen molar-refractivity contribution in [1.29, 1.82) is 0 Å². The average molecular weight is 283 g/mol.